The fourth-order valence-corrected chi connectivity index (χ4v) is 5.61. The van der Waals surface area contributed by atoms with Crippen LogP contribution in [-0.2, 0) is 9.53 Å². The van der Waals surface area contributed by atoms with Crippen molar-refractivity contribution in [2.45, 2.75) is 109 Å². The molecule has 1 heterocycles. The zero-order chi connectivity index (χ0) is 17.6. The summed E-state index contributed by atoms with van der Waals surface area (Å²) in [6.45, 7) is 2.29. The highest BCUT2D eigenvalue weighted by molar-refractivity contribution is 5.75. The van der Waals surface area contributed by atoms with Gasteiger partial charge in [0.05, 0.1) is 6.10 Å². The van der Waals surface area contributed by atoms with Gasteiger partial charge in [-0.3, -0.25) is 0 Å². The predicted molar refractivity (Wildman–Crippen MR) is 101 cm³/mol. The molecule has 3 heteroatoms. The molecule has 3 rings (SSSR count). The van der Waals surface area contributed by atoms with Crippen molar-refractivity contribution in [1.82, 2.24) is 0 Å². The Hall–Kier alpha value is -0.570. The molecule has 2 saturated carbocycles. The van der Waals surface area contributed by atoms with E-state index in [1.54, 1.807) is 0 Å². The van der Waals surface area contributed by atoms with E-state index in [2.05, 4.69) is 6.92 Å². The average molecular weight is 351 g/mol. The van der Waals surface area contributed by atoms with Gasteiger partial charge in [0, 0.05) is 0 Å². The van der Waals surface area contributed by atoms with Crippen molar-refractivity contribution in [3.05, 3.63) is 0 Å². The number of carboxylic acid groups (broad SMARTS) is 1. The van der Waals surface area contributed by atoms with E-state index in [0.29, 0.717) is 5.92 Å². The molecule has 0 aromatic carbocycles. The molecular weight excluding hydrogens is 312 g/mol. The third-order valence-electron chi connectivity index (χ3n) is 7.32. The Morgan fingerprint density at radius 1 is 0.840 bits per heavy atom. The van der Waals surface area contributed by atoms with Crippen molar-refractivity contribution in [2.75, 3.05) is 0 Å². The van der Waals surface area contributed by atoms with Crippen molar-refractivity contribution in [3.8, 4) is 0 Å². The molecule has 0 bridgehead atoms. The van der Waals surface area contributed by atoms with Crippen molar-refractivity contribution >= 4 is 5.97 Å². The lowest BCUT2D eigenvalue weighted by Gasteiger charge is -2.37. The first kappa shape index (κ1) is 19.2. The van der Waals surface area contributed by atoms with Gasteiger partial charge in [0.15, 0.2) is 6.10 Å². The summed E-state index contributed by atoms with van der Waals surface area (Å²) in [5, 5.41) is 9.01. The van der Waals surface area contributed by atoms with Crippen LogP contribution < -0.4 is 0 Å². The molecule has 0 amide bonds. The molecule has 2 aliphatic carbocycles. The number of ether oxygens (including phenoxy) is 1. The van der Waals surface area contributed by atoms with E-state index in [1.807, 2.05) is 0 Å². The van der Waals surface area contributed by atoms with Gasteiger partial charge >= 0.3 is 5.97 Å². The quantitative estimate of drug-likeness (QED) is 0.421. The molecule has 0 radical (unpaired) electrons. The second-order valence-electron chi connectivity index (χ2n) is 9.02. The molecule has 0 aromatic heterocycles. The molecule has 2 atom stereocenters. The lowest BCUT2D eigenvalue weighted by Crippen LogP contribution is -2.28. The van der Waals surface area contributed by atoms with Crippen LogP contribution in [0.1, 0.15) is 96.8 Å². The summed E-state index contributed by atoms with van der Waals surface area (Å²) < 4.78 is 5.38. The number of aliphatic carboxylic acids is 1. The highest BCUT2D eigenvalue weighted by Gasteiger charge is 2.50. The Labute approximate surface area is 153 Å². The summed E-state index contributed by atoms with van der Waals surface area (Å²) in [7, 11) is 0. The summed E-state index contributed by atoms with van der Waals surface area (Å²) in [6.07, 6.45) is 18.9. The first-order chi connectivity index (χ1) is 12.2. The molecule has 0 unspecified atom stereocenters. The number of carbonyl (C=O) groups is 1. The van der Waals surface area contributed by atoms with Crippen molar-refractivity contribution in [1.29, 1.82) is 0 Å². The Morgan fingerprint density at radius 3 is 1.96 bits per heavy atom. The standard InChI is InChI=1S/C22H38O3/c1-2-3-4-5-6-7-16-8-10-17(11-9-16)18-12-14-19(15-13-18)20-21(25-20)22(23)24/h16-21H,2-15H2,1H3,(H,23,24)/t16-,17-,18?,19?,20-,21+/m0/s1. The maximum absolute atomic E-state index is 11.0. The predicted octanol–water partition coefficient (Wildman–Crippen LogP) is 5.81. The van der Waals surface area contributed by atoms with E-state index < -0.39 is 12.1 Å². The fourth-order valence-electron chi connectivity index (χ4n) is 5.61. The van der Waals surface area contributed by atoms with E-state index >= 15 is 0 Å². The van der Waals surface area contributed by atoms with Gasteiger partial charge < -0.3 is 9.84 Å². The second-order valence-corrected chi connectivity index (χ2v) is 9.02. The lowest BCUT2D eigenvalue weighted by molar-refractivity contribution is -0.138. The first-order valence-corrected chi connectivity index (χ1v) is 11.1. The molecule has 1 aliphatic heterocycles. The van der Waals surface area contributed by atoms with Crippen LogP contribution in [0.5, 0.6) is 0 Å². The topological polar surface area (TPSA) is 49.8 Å². The van der Waals surface area contributed by atoms with Crippen LogP contribution in [0.3, 0.4) is 0 Å². The summed E-state index contributed by atoms with van der Waals surface area (Å²) in [6, 6.07) is 0. The first-order valence-electron chi connectivity index (χ1n) is 11.1. The van der Waals surface area contributed by atoms with Crippen LogP contribution in [0.2, 0.25) is 0 Å². The molecule has 0 aromatic rings. The summed E-state index contributed by atoms with van der Waals surface area (Å²) in [5.41, 5.74) is 0. The molecule has 25 heavy (non-hydrogen) atoms. The monoisotopic (exact) mass is 350 g/mol. The summed E-state index contributed by atoms with van der Waals surface area (Å²) in [5.74, 6) is 2.61. The number of rotatable bonds is 9. The molecule has 1 saturated heterocycles. The molecule has 3 nitrogen and oxygen atoms in total. The Kier molecular flexibility index (Phi) is 7.21. The van der Waals surface area contributed by atoms with Gasteiger partial charge in [0.1, 0.15) is 0 Å². The van der Waals surface area contributed by atoms with Gasteiger partial charge in [-0.15, -0.1) is 0 Å². The Morgan fingerprint density at radius 2 is 1.40 bits per heavy atom. The van der Waals surface area contributed by atoms with E-state index in [9.17, 15) is 4.79 Å². The van der Waals surface area contributed by atoms with Crippen molar-refractivity contribution in [2.24, 2.45) is 23.7 Å². The van der Waals surface area contributed by atoms with E-state index in [1.165, 1.54) is 89.9 Å². The largest absolute Gasteiger partial charge is 0.479 e. The lowest BCUT2D eigenvalue weighted by atomic mass is 9.68. The average Bonchev–Trinajstić information content (AvgIpc) is 3.43. The normalized spacial score (nSPS) is 38.4. The van der Waals surface area contributed by atoms with Crippen LogP contribution in [0.25, 0.3) is 0 Å². The third-order valence-corrected chi connectivity index (χ3v) is 7.32. The number of hydrogen-bond acceptors (Lipinski definition) is 2. The van der Waals surface area contributed by atoms with Gasteiger partial charge in [-0.05, 0) is 62.2 Å². The van der Waals surface area contributed by atoms with Crippen LogP contribution in [-0.4, -0.2) is 23.3 Å². The number of carboxylic acids is 1. The highest BCUT2D eigenvalue weighted by Crippen LogP contribution is 2.45. The molecule has 3 aliphatic rings. The maximum atomic E-state index is 11.0. The molecule has 0 spiro atoms. The smallest absolute Gasteiger partial charge is 0.335 e. The van der Waals surface area contributed by atoms with Gasteiger partial charge in [-0.1, -0.05) is 58.3 Å². The van der Waals surface area contributed by atoms with E-state index in [0.717, 1.165) is 17.8 Å². The van der Waals surface area contributed by atoms with Crippen LogP contribution in [0, 0.1) is 23.7 Å². The molecule has 144 valence electrons. The number of hydrogen-bond donors (Lipinski definition) is 1. The maximum Gasteiger partial charge on any atom is 0.335 e. The molecule has 3 fully saturated rings. The molecular formula is C22H38O3. The number of epoxide rings is 1. The zero-order valence-corrected chi connectivity index (χ0v) is 16.1. The van der Waals surface area contributed by atoms with Gasteiger partial charge in [-0.2, -0.15) is 0 Å². The minimum Gasteiger partial charge on any atom is -0.479 e. The van der Waals surface area contributed by atoms with Crippen molar-refractivity contribution < 1.29 is 14.6 Å². The Balaban J connectivity index is 1.28. The van der Waals surface area contributed by atoms with Gasteiger partial charge in [0.2, 0.25) is 0 Å². The summed E-state index contributed by atoms with van der Waals surface area (Å²) in [4.78, 5) is 11.0. The van der Waals surface area contributed by atoms with Crippen LogP contribution >= 0.6 is 0 Å². The van der Waals surface area contributed by atoms with Crippen LogP contribution in [0.15, 0.2) is 0 Å². The van der Waals surface area contributed by atoms with Crippen molar-refractivity contribution in [3.63, 3.8) is 0 Å². The second kappa shape index (κ2) is 9.39. The summed E-state index contributed by atoms with van der Waals surface area (Å²) >= 11 is 0. The SMILES string of the molecule is CCCCCCC[C@H]1CC[C@H](C2CCC([C@@H]3O[C@H]3C(=O)O)CC2)CC1. The highest BCUT2D eigenvalue weighted by atomic mass is 16.6. The van der Waals surface area contributed by atoms with Gasteiger partial charge in [-0.25, -0.2) is 4.79 Å². The van der Waals surface area contributed by atoms with Gasteiger partial charge in [0.25, 0.3) is 0 Å². The fraction of sp³-hybridized carbons (Fsp3) is 0.955. The minimum atomic E-state index is -0.764. The van der Waals surface area contributed by atoms with E-state index in [4.69, 9.17) is 9.84 Å². The number of unbranched alkanes of at least 4 members (excludes halogenated alkanes) is 4. The minimum absolute atomic E-state index is 0.0295. The third kappa shape index (κ3) is 5.45. The molecule has 1 N–H and O–H groups in total. The van der Waals surface area contributed by atoms with Crippen LogP contribution in [0.4, 0.5) is 0 Å². The van der Waals surface area contributed by atoms with E-state index in [-0.39, 0.29) is 6.10 Å². The zero-order valence-electron chi connectivity index (χ0n) is 16.1. The Bertz CT molecular complexity index is 405.